The van der Waals surface area contributed by atoms with E-state index in [4.69, 9.17) is 21.1 Å². The molecule has 1 aliphatic heterocycles. The number of anilines is 1. The molecule has 6 nitrogen and oxygen atoms in total. The zero-order chi connectivity index (χ0) is 18.5. The Morgan fingerprint density at radius 1 is 1.23 bits per heavy atom. The minimum atomic E-state index is -0.700. The smallest absolute Gasteiger partial charge is 0.249 e. The highest BCUT2D eigenvalue weighted by atomic mass is 35.5. The van der Waals surface area contributed by atoms with Crippen molar-refractivity contribution in [2.75, 3.05) is 25.6 Å². The van der Waals surface area contributed by atoms with Gasteiger partial charge < -0.3 is 19.7 Å². The number of hydrogen-bond acceptors (Lipinski definition) is 4. The van der Waals surface area contributed by atoms with E-state index >= 15 is 0 Å². The molecule has 1 saturated heterocycles. The van der Waals surface area contributed by atoms with Crippen molar-refractivity contribution < 1.29 is 19.1 Å². The third-order valence-corrected chi connectivity index (χ3v) is 4.38. The van der Waals surface area contributed by atoms with Gasteiger partial charge in [-0.05, 0) is 42.0 Å². The fraction of sp³-hybridized carbons (Fsp3) is 0.263. The second-order valence-corrected chi connectivity index (χ2v) is 6.33. The molecular formula is C19H19ClN2O4. The molecule has 0 aromatic heterocycles. The van der Waals surface area contributed by atoms with Crippen LogP contribution in [0, 0.1) is 0 Å². The molecule has 2 amide bonds. The molecular weight excluding hydrogens is 356 g/mol. The Labute approximate surface area is 156 Å². The number of hydrogen-bond donors (Lipinski definition) is 1. The van der Waals surface area contributed by atoms with Gasteiger partial charge in [0.2, 0.25) is 11.8 Å². The summed E-state index contributed by atoms with van der Waals surface area (Å²) < 4.78 is 10.4. The van der Waals surface area contributed by atoms with Crippen molar-refractivity contribution in [3.05, 3.63) is 59.1 Å². The molecule has 0 radical (unpaired) electrons. The third kappa shape index (κ3) is 4.33. The van der Waals surface area contributed by atoms with Gasteiger partial charge in [-0.15, -0.1) is 0 Å². The van der Waals surface area contributed by atoms with Gasteiger partial charge in [0.15, 0.2) is 0 Å². The number of carbonyl (C=O) groups excluding carboxylic acids is 2. The fourth-order valence-corrected chi connectivity index (χ4v) is 2.83. The van der Waals surface area contributed by atoms with Crippen LogP contribution in [0.3, 0.4) is 0 Å². The molecule has 3 rings (SSSR count). The minimum Gasteiger partial charge on any atom is -0.497 e. The van der Waals surface area contributed by atoms with Crippen LogP contribution in [-0.2, 0) is 20.9 Å². The molecule has 1 fully saturated rings. The van der Waals surface area contributed by atoms with Crippen molar-refractivity contribution in [3.63, 3.8) is 0 Å². The van der Waals surface area contributed by atoms with E-state index in [2.05, 4.69) is 5.32 Å². The Morgan fingerprint density at radius 3 is 2.58 bits per heavy atom. The monoisotopic (exact) mass is 374 g/mol. The maximum Gasteiger partial charge on any atom is 0.249 e. The molecule has 0 spiro atoms. The average molecular weight is 375 g/mol. The van der Waals surface area contributed by atoms with Crippen molar-refractivity contribution in [2.45, 2.75) is 12.6 Å². The van der Waals surface area contributed by atoms with E-state index in [1.165, 1.54) is 4.90 Å². The molecule has 136 valence electrons. The molecule has 1 atom stereocenters. The predicted octanol–water partition coefficient (Wildman–Crippen LogP) is 2.71. The van der Waals surface area contributed by atoms with Crippen LogP contribution in [-0.4, -0.2) is 43.1 Å². The van der Waals surface area contributed by atoms with Crippen molar-refractivity contribution in [1.29, 1.82) is 0 Å². The summed E-state index contributed by atoms with van der Waals surface area (Å²) in [6, 6.07) is 13.5. The van der Waals surface area contributed by atoms with E-state index in [1.807, 2.05) is 24.3 Å². The van der Waals surface area contributed by atoms with Gasteiger partial charge in [0.25, 0.3) is 0 Å². The van der Waals surface area contributed by atoms with Gasteiger partial charge in [0, 0.05) is 17.3 Å². The van der Waals surface area contributed by atoms with E-state index in [-0.39, 0.29) is 25.0 Å². The second-order valence-electron chi connectivity index (χ2n) is 5.90. The lowest BCUT2D eigenvalue weighted by Crippen LogP contribution is -2.54. The maximum atomic E-state index is 12.7. The Kier molecular flexibility index (Phi) is 5.75. The lowest BCUT2D eigenvalue weighted by Gasteiger charge is -2.34. The van der Waals surface area contributed by atoms with E-state index in [0.29, 0.717) is 17.3 Å². The van der Waals surface area contributed by atoms with Crippen molar-refractivity contribution >= 4 is 29.1 Å². The number of nitrogens with zero attached hydrogens (tertiary/aromatic N) is 1. The molecule has 1 N–H and O–H groups in total. The maximum absolute atomic E-state index is 12.7. The highest BCUT2D eigenvalue weighted by Crippen LogP contribution is 2.19. The highest BCUT2D eigenvalue weighted by Gasteiger charge is 2.34. The number of amides is 2. The molecule has 0 saturated carbocycles. The Balaban J connectivity index is 1.73. The van der Waals surface area contributed by atoms with Crippen LogP contribution < -0.4 is 10.1 Å². The van der Waals surface area contributed by atoms with Gasteiger partial charge in [-0.25, -0.2) is 0 Å². The number of morpholine rings is 1. The summed E-state index contributed by atoms with van der Waals surface area (Å²) in [7, 11) is 1.59. The van der Waals surface area contributed by atoms with Gasteiger partial charge >= 0.3 is 0 Å². The first-order valence-electron chi connectivity index (χ1n) is 8.13. The van der Waals surface area contributed by atoms with E-state index < -0.39 is 6.04 Å². The lowest BCUT2D eigenvalue weighted by atomic mass is 10.1. The van der Waals surface area contributed by atoms with Crippen molar-refractivity contribution in [2.24, 2.45) is 0 Å². The molecule has 26 heavy (non-hydrogen) atoms. The van der Waals surface area contributed by atoms with Gasteiger partial charge in [0.1, 0.15) is 18.4 Å². The minimum absolute atomic E-state index is 0.0269. The Morgan fingerprint density at radius 2 is 1.92 bits per heavy atom. The molecule has 7 heteroatoms. The standard InChI is InChI=1S/C19H19ClN2O4/c1-25-16-8-2-13(3-9-16)10-22-17(11-26-12-18(22)23)19(24)21-15-6-4-14(20)5-7-15/h2-9,17H,10-12H2,1H3,(H,21,24)/t17-/m0/s1. The first kappa shape index (κ1) is 18.2. The Bertz CT molecular complexity index is 777. The Hall–Kier alpha value is -2.57. The molecule has 2 aromatic carbocycles. The van der Waals surface area contributed by atoms with Crippen molar-refractivity contribution in [3.8, 4) is 5.75 Å². The van der Waals surface area contributed by atoms with Gasteiger partial charge in [-0.1, -0.05) is 23.7 Å². The number of rotatable bonds is 5. The molecule has 0 unspecified atom stereocenters. The number of methoxy groups -OCH3 is 1. The van der Waals surface area contributed by atoms with E-state index in [1.54, 1.807) is 31.4 Å². The van der Waals surface area contributed by atoms with Crippen LogP contribution in [0.5, 0.6) is 5.75 Å². The summed E-state index contributed by atoms with van der Waals surface area (Å²) >= 11 is 5.86. The van der Waals surface area contributed by atoms with Crippen LogP contribution in [0.15, 0.2) is 48.5 Å². The molecule has 1 heterocycles. The van der Waals surface area contributed by atoms with Crippen LogP contribution >= 0.6 is 11.6 Å². The molecule has 2 aromatic rings. The molecule has 0 bridgehead atoms. The SMILES string of the molecule is COc1ccc(CN2C(=O)COC[C@H]2C(=O)Nc2ccc(Cl)cc2)cc1. The number of halogens is 1. The average Bonchev–Trinajstić information content (AvgIpc) is 2.65. The summed E-state index contributed by atoms with van der Waals surface area (Å²) in [5.74, 6) is 0.219. The predicted molar refractivity (Wildman–Crippen MR) is 98.2 cm³/mol. The van der Waals surface area contributed by atoms with Crippen LogP contribution in [0.2, 0.25) is 5.02 Å². The van der Waals surface area contributed by atoms with Crippen molar-refractivity contribution in [1.82, 2.24) is 4.90 Å². The number of ether oxygens (including phenoxy) is 2. The van der Waals surface area contributed by atoms with Crippen LogP contribution in [0.1, 0.15) is 5.56 Å². The normalized spacial score (nSPS) is 17.1. The molecule has 0 aliphatic carbocycles. The zero-order valence-electron chi connectivity index (χ0n) is 14.3. The second kappa shape index (κ2) is 8.21. The fourth-order valence-electron chi connectivity index (χ4n) is 2.71. The number of nitrogens with one attached hydrogen (secondary N) is 1. The van der Waals surface area contributed by atoms with Crippen LogP contribution in [0.25, 0.3) is 0 Å². The summed E-state index contributed by atoms with van der Waals surface area (Å²) in [6.45, 7) is 0.451. The summed E-state index contributed by atoms with van der Waals surface area (Å²) in [6.07, 6.45) is 0. The topological polar surface area (TPSA) is 67.9 Å². The zero-order valence-corrected chi connectivity index (χ0v) is 15.0. The lowest BCUT2D eigenvalue weighted by molar-refractivity contribution is -0.154. The highest BCUT2D eigenvalue weighted by molar-refractivity contribution is 6.30. The largest absolute Gasteiger partial charge is 0.497 e. The van der Waals surface area contributed by atoms with E-state index in [0.717, 1.165) is 11.3 Å². The van der Waals surface area contributed by atoms with Crippen LogP contribution in [0.4, 0.5) is 5.69 Å². The first-order valence-corrected chi connectivity index (χ1v) is 8.51. The van der Waals surface area contributed by atoms with Gasteiger partial charge in [-0.2, -0.15) is 0 Å². The third-order valence-electron chi connectivity index (χ3n) is 4.12. The summed E-state index contributed by atoms with van der Waals surface area (Å²) in [5, 5.41) is 3.39. The quantitative estimate of drug-likeness (QED) is 0.873. The molecule has 1 aliphatic rings. The number of carbonyl (C=O) groups is 2. The van der Waals surface area contributed by atoms with E-state index in [9.17, 15) is 9.59 Å². The number of benzene rings is 2. The first-order chi connectivity index (χ1) is 12.6. The summed E-state index contributed by atoms with van der Waals surface area (Å²) in [4.78, 5) is 26.5. The van der Waals surface area contributed by atoms with Gasteiger partial charge in [-0.3, -0.25) is 9.59 Å². The van der Waals surface area contributed by atoms with Gasteiger partial charge in [0.05, 0.1) is 13.7 Å². The summed E-state index contributed by atoms with van der Waals surface area (Å²) in [5.41, 5.74) is 1.52.